The van der Waals surface area contributed by atoms with Gasteiger partial charge in [0.2, 0.25) is 0 Å². The van der Waals surface area contributed by atoms with E-state index >= 15 is 0 Å². The summed E-state index contributed by atoms with van der Waals surface area (Å²) in [6.07, 6.45) is 5.85. The van der Waals surface area contributed by atoms with E-state index in [1.54, 1.807) is 0 Å². The van der Waals surface area contributed by atoms with Gasteiger partial charge in [-0.2, -0.15) is 0 Å². The lowest BCUT2D eigenvalue weighted by Gasteiger charge is -2.28. The molecular weight excluding hydrogens is 186 g/mol. The Balaban J connectivity index is 1.40. The molecule has 2 aliphatic rings. The third kappa shape index (κ3) is 4.09. The first-order chi connectivity index (χ1) is 7.45. The zero-order valence-electron chi connectivity index (χ0n) is 9.80. The van der Waals surface area contributed by atoms with Gasteiger partial charge >= 0.3 is 0 Å². The maximum absolute atomic E-state index is 3.57. The van der Waals surface area contributed by atoms with Gasteiger partial charge in [-0.25, -0.2) is 0 Å². The highest BCUT2D eigenvalue weighted by Gasteiger charge is 2.16. The molecule has 15 heavy (non-hydrogen) atoms. The van der Waals surface area contributed by atoms with Crippen molar-refractivity contribution in [3.05, 3.63) is 0 Å². The van der Waals surface area contributed by atoms with Crippen molar-refractivity contribution < 1.29 is 0 Å². The van der Waals surface area contributed by atoms with Gasteiger partial charge in [-0.1, -0.05) is 19.3 Å². The first-order valence-electron chi connectivity index (χ1n) is 6.59. The summed E-state index contributed by atoms with van der Waals surface area (Å²) in [5.41, 5.74) is 0. The summed E-state index contributed by atoms with van der Waals surface area (Å²) in [4.78, 5) is 2.55. The first-order valence-corrected chi connectivity index (χ1v) is 6.59. The molecule has 0 atom stereocenters. The quantitative estimate of drug-likeness (QED) is 0.632. The van der Waals surface area contributed by atoms with Crippen LogP contribution in [-0.2, 0) is 0 Å². The van der Waals surface area contributed by atoms with Crippen molar-refractivity contribution in [3.63, 3.8) is 0 Å². The fourth-order valence-electron chi connectivity index (χ4n) is 2.38. The van der Waals surface area contributed by atoms with Crippen LogP contribution in [0.3, 0.4) is 0 Å². The van der Waals surface area contributed by atoms with Crippen molar-refractivity contribution >= 4 is 0 Å². The lowest BCUT2D eigenvalue weighted by molar-refractivity contribution is 0.237. The van der Waals surface area contributed by atoms with Crippen molar-refractivity contribution in [2.24, 2.45) is 5.92 Å². The molecule has 0 aromatic rings. The molecule has 0 bridgehead atoms. The number of rotatable bonds is 6. The second-order valence-corrected chi connectivity index (χ2v) is 4.93. The van der Waals surface area contributed by atoms with Gasteiger partial charge in [0.1, 0.15) is 0 Å². The van der Waals surface area contributed by atoms with Crippen LogP contribution < -0.4 is 10.6 Å². The molecule has 1 aliphatic carbocycles. The summed E-state index contributed by atoms with van der Waals surface area (Å²) in [5, 5.41) is 6.95. The SMILES string of the molecule is C1CC(CCNCCN2CCNCC2)C1. The fraction of sp³-hybridized carbons (Fsp3) is 1.00. The van der Waals surface area contributed by atoms with E-state index < -0.39 is 0 Å². The summed E-state index contributed by atoms with van der Waals surface area (Å²) < 4.78 is 0. The lowest BCUT2D eigenvalue weighted by Crippen LogP contribution is -2.45. The molecule has 1 saturated carbocycles. The molecule has 3 nitrogen and oxygen atoms in total. The minimum absolute atomic E-state index is 1.05. The Kier molecular flexibility index (Phi) is 4.90. The maximum atomic E-state index is 3.57. The minimum Gasteiger partial charge on any atom is -0.315 e. The third-order valence-electron chi connectivity index (χ3n) is 3.77. The van der Waals surface area contributed by atoms with E-state index in [2.05, 4.69) is 15.5 Å². The topological polar surface area (TPSA) is 27.3 Å². The molecule has 0 spiro atoms. The minimum atomic E-state index is 1.05. The van der Waals surface area contributed by atoms with Crippen molar-refractivity contribution in [1.29, 1.82) is 0 Å². The smallest absolute Gasteiger partial charge is 0.0108 e. The van der Waals surface area contributed by atoms with E-state index in [-0.39, 0.29) is 0 Å². The number of piperazine rings is 1. The van der Waals surface area contributed by atoms with Crippen LogP contribution in [0, 0.1) is 5.92 Å². The van der Waals surface area contributed by atoms with Gasteiger partial charge in [0, 0.05) is 39.3 Å². The average molecular weight is 211 g/mol. The Morgan fingerprint density at radius 2 is 1.93 bits per heavy atom. The van der Waals surface area contributed by atoms with E-state index in [4.69, 9.17) is 0 Å². The highest BCUT2D eigenvalue weighted by Crippen LogP contribution is 2.28. The van der Waals surface area contributed by atoms with Gasteiger partial charge in [0.05, 0.1) is 0 Å². The monoisotopic (exact) mass is 211 g/mol. The van der Waals surface area contributed by atoms with Gasteiger partial charge in [-0.15, -0.1) is 0 Å². The van der Waals surface area contributed by atoms with Crippen molar-refractivity contribution in [2.45, 2.75) is 25.7 Å². The van der Waals surface area contributed by atoms with Gasteiger partial charge in [-0.05, 0) is 18.9 Å². The molecule has 0 amide bonds. The molecule has 3 heteroatoms. The van der Waals surface area contributed by atoms with Crippen LogP contribution in [0.2, 0.25) is 0 Å². The second-order valence-electron chi connectivity index (χ2n) is 4.93. The predicted octanol–water partition coefficient (Wildman–Crippen LogP) is 0.671. The summed E-state index contributed by atoms with van der Waals surface area (Å²) >= 11 is 0. The Morgan fingerprint density at radius 1 is 1.13 bits per heavy atom. The van der Waals surface area contributed by atoms with Crippen LogP contribution in [0.1, 0.15) is 25.7 Å². The maximum Gasteiger partial charge on any atom is 0.0108 e. The van der Waals surface area contributed by atoms with Gasteiger partial charge in [-0.3, -0.25) is 4.90 Å². The first kappa shape index (κ1) is 11.4. The summed E-state index contributed by atoms with van der Waals surface area (Å²) in [6, 6.07) is 0. The Bertz CT molecular complexity index is 162. The van der Waals surface area contributed by atoms with E-state index in [0.29, 0.717) is 0 Å². The highest BCUT2D eigenvalue weighted by molar-refractivity contribution is 4.71. The standard InChI is InChI=1S/C12H25N3/c1-2-12(3-1)4-5-13-6-9-15-10-7-14-8-11-15/h12-14H,1-11H2. The molecule has 1 heterocycles. The Labute approximate surface area is 93.6 Å². The second kappa shape index (κ2) is 6.46. The summed E-state index contributed by atoms with van der Waals surface area (Å²) in [7, 11) is 0. The van der Waals surface area contributed by atoms with Crippen LogP contribution in [-0.4, -0.2) is 50.7 Å². The van der Waals surface area contributed by atoms with Crippen molar-refractivity contribution in [2.75, 3.05) is 45.8 Å². The molecular formula is C12H25N3. The largest absolute Gasteiger partial charge is 0.315 e. The molecule has 0 aromatic carbocycles. The molecule has 0 aromatic heterocycles. The van der Waals surface area contributed by atoms with Crippen molar-refractivity contribution in [1.82, 2.24) is 15.5 Å². The Morgan fingerprint density at radius 3 is 2.60 bits per heavy atom. The van der Waals surface area contributed by atoms with Crippen LogP contribution >= 0.6 is 0 Å². The number of hydrogen-bond acceptors (Lipinski definition) is 3. The predicted molar refractivity (Wildman–Crippen MR) is 64.1 cm³/mol. The highest BCUT2D eigenvalue weighted by atomic mass is 15.2. The zero-order valence-corrected chi connectivity index (χ0v) is 9.80. The number of hydrogen-bond donors (Lipinski definition) is 2. The molecule has 1 saturated heterocycles. The molecule has 2 rings (SSSR count). The van der Waals surface area contributed by atoms with Gasteiger partial charge in [0.25, 0.3) is 0 Å². The molecule has 1 aliphatic heterocycles. The zero-order chi connectivity index (χ0) is 10.3. The van der Waals surface area contributed by atoms with Crippen LogP contribution in [0.5, 0.6) is 0 Å². The molecule has 88 valence electrons. The van der Waals surface area contributed by atoms with Crippen LogP contribution in [0.4, 0.5) is 0 Å². The van der Waals surface area contributed by atoms with E-state index in [1.807, 2.05) is 0 Å². The lowest BCUT2D eigenvalue weighted by atomic mass is 9.83. The molecule has 0 radical (unpaired) electrons. The third-order valence-corrected chi connectivity index (χ3v) is 3.77. The molecule has 2 fully saturated rings. The summed E-state index contributed by atoms with van der Waals surface area (Å²) in [6.45, 7) is 8.43. The van der Waals surface area contributed by atoms with Crippen LogP contribution in [0.25, 0.3) is 0 Å². The molecule has 0 unspecified atom stereocenters. The van der Waals surface area contributed by atoms with E-state index in [1.165, 1.54) is 71.5 Å². The Hall–Kier alpha value is -0.120. The van der Waals surface area contributed by atoms with Crippen LogP contribution in [0.15, 0.2) is 0 Å². The summed E-state index contributed by atoms with van der Waals surface area (Å²) in [5.74, 6) is 1.05. The van der Waals surface area contributed by atoms with Gasteiger partial charge in [0.15, 0.2) is 0 Å². The normalized spacial score (nSPS) is 24.0. The molecule has 2 N–H and O–H groups in total. The van der Waals surface area contributed by atoms with Crippen molar-refractivity contribution in [3.8, 4) is 0 Å². The van der Waals surface area contributed by atoms with E-state index in [0.717, 1.165) is 5.92 Å². The fourth-order valence-corrected chi connectivity index (χ4v) is 2.38. The number of nitrogens with one attached hydrogen (secondary N) is 2. The van der Waals surface area contributed by atoms with E-state index in [9.17, 15) is 0 Å². The average Bonchev–Trinajstić information content (AvgIpc) is 2.22. The number of nitrogens with zero attached hydrogens (tertiary/aromatic N) is 1. The van der Waals surface area contributed by atoms with Gasteiger partial charge < -0.3 is 10.6 Å².